The van der Waals surface area contributed by atoms with Crippen molar-refractivity contribution in [2.45, 2.75) is 44.7 Å². The molecule has 1 amide bonds. The predicted octanol–water partition coefficient (Wildman–Crippen LogP) is 5.71. The molecule has 2 aromatic heterocycles. The summed E-state index contributed by atoms with van der Waals surface area (Å²) in [6, 6.07) is 11.8. The van der Waals surface area contributed by atoms with Crippen LogP contribution in [0, 0.1) is 11.7 Å². The van der Waals surface area contributed by atoms with Crippen LogP contribution in [0.15, 0.2) is 54.9 Å². The van der Waals surface area contributed by atoms with Crippen LogP contribution in [-0.4, -0.2) is 44.9 Å². The van der Waals surface area contributed by atoms with Crippen LogP contribution in [0.3, 0.4) is 0 Å². The van der Waals surface area contributed by atoms with Crippen LogP contribution in [-0.2, 0) is 11.3 Å². The maximum atomic E-state index is 13.8. The van der Waals surface area contributed by atoms with Crippen LogP contribution >= 0.6 is 11.6 Å². The van der Waals surface area contributed by atoms with E-state index in [1.54, 1.807) is 41.3 Å². The zero-order valence-electron chi connectivity index (χ0n) is 21.4. The topological polar surface area (TPSA) is 106 Å². The van der Waals surface area contributed by atoms with Crippen LogP contribution in [0.1, 0.15) is 48.0 Å². The number of benzene rings is 2. The van der Waals surface area contributed by atoms with Crippen LogP contribution in [0.5, 0.6) is 5.75 Å². The van der Waals surface area contributed by atoms with Gasteiger partial charge in [0.25, 0.3) is 5.91 Å². The molecule has 4 aromatic rings. The highest BCUT2D eigenvalue weighted by molar-refractivity contribution is 6.32. The van der Waals surface area contributed by atoms with Gasteiger partial charge in [0.2, 0.25) is 0 Å². The summed E-state index contributed by atoms with van der Waals surface area (Å²) in [7, 11) is 1.42. The van der Waals surface area contributed by atoms with Gasteiger partial charge in [0.05, 0.1) is 36.6 Å². The molecule has 0 unspecified atom stereocenters. The summed E-state index contributed by atoms with van der Waals surface area (Å²) >= 11 is 6.34. The van der Waals surface area contributed by atoms with E-state index in [4.69, 9.17) is 21.4 Å². The summed E-state index contributed by atoms with van der Waals surface area (Å²) in [5.41, 5.74) is 3.38. The van der Waals surface area contributed by atoms with Crippen molar-refractivity contribution in [2.24, 2.45) is 5.92 Å². The lowest BCUT2D eigenvalue weighted by molar-refractivity contribution is -0.138. The molecule has 2 N–H and O–H groups in total. The Morgan fingerprint density at radius 3 is 2.62 bits per heavy atom. The molecule has 1 saturated carbocycles. The van der Waals surface area contributed by atoms with Gasteiger partial charge in [-0.25, -0.2) is 4.39 Å². The second-order valence-corrected chi connectivity index (χ2v) is 10.3. The Kier molecular flexibility index (Phi) is 7.79. The molecular weight excluding hydrogens is 523 g/mol. The van der Waals surface area contributed by atoms with E-state index >= 15 is 0 Å². The maximum absolute atomic E-state index is 13.8. The fraction of sp³-hybridized carbons (Fsp3) is 0.310. The molecule has 5 rings (SSSR count). The summed E-state index contributed by atoms with van der Waals surface area (Å²) < 4.78 is 20.6. The Balaban J connectivity index is 1.34. The molecule has 8 nitrogen and oxygen atoms in total. The smallest absolute Gasteiger partial charge is 0.303 e. The number of carbonyl (C=O) groups excluding carboxylic acids is 1. The Labute approximate surface area is 229 Å². The largest absolute Gasteiger partial charge is 0.494 e. The van der Waals surface area contributed by atoms with Gasteiger partial charge in [-0.1, -0.05) is 17.7 Å². The van der Waals surface area contributed by atoms with E-state index in [9.17, 15) is 14.0 Å². The minimum atomic E-state index is -0.780. The van der Waals surface area contributed by atoms with E-state index in [2.05, 4.69) is 15.4 Å². The number of nitrogens with one attached hydrogen (secondary N) is 1. The van der Waals surface area contributed by atoms with Crippen molar-refractivity contribution in [3.63, 3.8) is 0 Å². The third kappa shape index (κ3) is 6.04. The average Bonchev–Trinajstić information content (AvgIpc) is 3.31. The number of aromatic nitrogens is 3. The third-order valence-electron chi connectivity index (χ3n) is 7.19. The first-order valence-corrected chi connectivity index (χ1v) is 13.1. The fourth-order valence-electron chi connectivity index (χ4n) is 5.19. The number of hydrogen-bond acceptors (Lipinski definition) is 5. The monoisotopic (exact) mass is 550 g/mol. The van der Waals surface area contributed by atoms with Gasteiger partial charge in [0.1, 0.15) is 0 Å². The molecule has 1 aliphatic rings. The number of halogens is 2. The van der Waals surface area contributed by atoms with E-state index in [0.717, 1.165) is 42.2 Å². The minimum Gasteiger partial charge on any atom is -0.494 e. The molecule has 0 bridgehead atoms. The van der Waals surface area contributed by atoms with Crippen LogP contribution in [0.4, 0.5) is 4.39 Å². The first-order chi connectivity index (χ1) is 18.8. The number of hydrogen-bond donors (Lipinski definition) is 2. The van der Waals surface area contributed by atoms with Crippen LogP contribution in [0.2, 0.25) is 5.02 Å². The summed E-state index contributed by atoms with van der Waals surface area (Å²) in [4.78, 5) is 28.9. The van der Waals surface area contributed by atoms with Gasteiger partial charge in [0.15, 0.2) is 11.6 Å². The molecule has 39 heavy (non-hydrogen) atoms. The van der Waals surface area contributed by atoms with E-state index in [-0.39, 0.29) is 30.0 Å². The second kappa shape index (κ2) is 11.4. The van der Waals surface area contributed by atoms with E-state index in [0.29, 0.717) is 28.3 Å². The number of rotatable bonds is 8. The van der Waals surface area contributed by atoms with Crippen molar-refractivity contribution in [2.75, 3.05) is 7.11 Å². The SMILES string of the molecule is COc1cc(-c2ccc(Cn3ncc4cc(Cl)cc(C(=O)NC5CCC(CC(=O)O)CC5)c43)cn2)ccc1F. The second-order valence-electron chi connectivity index (χ2n) is 9.88. The van der Waals surface area contributed by atoms with Crippen LogP contribution in [0.25, 0.3) is 22.2 Å². The number of amides is 1. The van der Waals surface area contributed by atoms with Crippen molar-refractivity contribution >= 4 is 34.4 Å². The molecule has 0 spiro atoms. The fourth-order valence-corrected chi connectivity index (χ4v) is 5.42. The number of aliphatic carboxylic acids is 1. The third-order valence-corrected chi connectivity index (χ3v) is 7.41. The molecule has 1 fully saturated rings. The number of carboxylic acid groups (broad SMARTS) is 1. The van der Waals surface area contributed by atoms with E-state index in [1.165, 1.54) is 13.2 Å². The molecular formula is C29H28ClFN4O4. The molecule has 202 valence electrons. The zero-order chi connectivity index (χ0) is 27.5. The minimum absolute atomic E-state index is 0.0187. The van der Waals surface area contributed by atoms with Crippen molar-refractivity contribution < 1.29 is 23.8 Å². The molecule has 0 aliphatic heterocycles. The Morgan fingerprint density at radius 1 is 1.13 bits per heavy atom. The van der Waals surface area contributed by atoms with E-state index < -0.39 is 11.8 Å². The number of nitrogens with zero attached hydrogens (tertiary/aromatic N) is 3. The number of pyridine rings is 1. The number of fused-ring (bicyclic) bond motifs is 1. The lowest BCUT2D eigenvalue weighted by Gasteiger charge is -2.28. The molecule has 0 saturated heterocycles. The molecule has 0 atom stereocenters. The number of carboxylic acids is 1. The molecule has 10 heteroatoms. The Bertz CT molecular complexity index is 1510. The zero-order valence-corrected chi connectivity index (χ0v) is 22.1. The lowest BCUT2D eigenvalue weighted by atomic mass is 9.84. The summed E-state index contributed by atoms with van der Waals surface area (Å²) in [5.74, 6) is -1.14. The maximum Gasteiger partial charge on any atom is 0.303 e. The Morgan fingerprint density at radius 2 is 1.92 bits per heavy atom. The summed E-state index contributed by atoms with van der Waals surface area (Å²) in [6.07, 6.45) is 6.60. The summed E-state index contributed by atoms with van der Waals surface area (Å²) in [6.45, 7) is 0.381. The van der Waals surface area contributed by atoms with Crippen molar-refractivity contribution in [1.82, 2.24) is 20.1 Å². The van der Waals surface area contributed by atoms with Gasteiger partial charge in [-0.2, -0.15) is 5.10 Å². The van der Waals surface area contributed by atoms with Crippen molar-refractivity contribution in [1.29, 1.82) is 0 Å². The number of carbonyl (C=O) groups is 2. The standard InChI is InChI=1S/C29H28ClFN4O4/c1-39-26-12-19(5-8-24(26)31)25-9-4-18(14-32-25)16-35-28-20(15-33-35)11-21(30)13-23(28)29(38)34-22-6-2-17(3-7-22)10-27(36)37/h4-5,8-9,11-15,17,22H,2-3,6-7,10,16H2,1H3,(H,34,38)(H,36,37). The molecule has 1 aliphatic carbocycles. The van der Waals surface area contributed by atoms with Gasteiger partial charge in [-0.15, -0.1) is 0 Å². The first-order valence-electron chi connectivity index (χ1n) is 12.8. The molecule has 2 heterocycles. The quantitative estimate of drug-likeness (QED) is 0.291. The van der Waals surface area contributed by atoms with E-state index in [1.807, 2.05) is 12.1 Å². The predicted molar refractivity (Wildman–Crippen MR) is 145 cm³/mol. The van der Waals surface area contributed by atoms with Gasteiger partial charge < -0.3 is 15.2 Å². The summed E-state index contributed by atoms with van der Waals surface area (Å²) in [5, 5.41) is 17.9. The molecule has 0 radical (unpaired) electrons. The van der Waals surface area contributed by atoms with Gasteiger partial charge in [-0.05, 0) is 73.6 Å². The normalized spacial score (nSPS) is 17.2. The first kappa shape index (κ1) is 26.6. The lowest BCUT2D eigenvalue weighted by Crippen LogP contribution is -2.38. The highest BCUT2D eigenvalue weighted by Crippen LogP contribution is 2.29. The Hall–Kier alpha value is -3.98. The highest BCUT2D eigenvalue weighted by Gasteiger charge is 2.25. The highest BCUT2D eigenvalue weighted by atomic mass is 35.5. The van der Waals surface area contributed by atoms with Crippen LogP contribution < -0.4 is 10.1 Å². The van der Waals surface area contributed by atoms with Crippen molar-refractivity contribution in [3.05, 3.63) is 76.8 Å². The van der Waals surface area contributed by atoms with Gasteiger partial charge in [-0.3, -0.25) is 19.3 Å². The van der Waals surface area contributed by atoms with Gasteiger partial charge in [0, 0.05) is 34.6 Å². The van der Waals surface area contributed by atoms with Crippen molar-refractivity contribution in [3.8, 4) is 17.0 Å². The number of methoxy groups -OCH3 is 1. The average molecular weight is 551 g/mol. The molecule has 2 aromatic carbocycles. The number of ether oxygens (including phenoxy) is 1. The van der Waals surface area contributed by atoms with Gasteiger partial charge >= 0.3 is 5.97 Å².